The molecule has 18 heavy (non-hydrogen) atoms. The van der Waals surface area contributed by atoms with Gasteiger partial charge in [0.05, 0.1) is 21.8 Å². The monoisotopic (exact) mass is 331 g/mol. The van der Waals surface area contributed by atoms with E-state index in [0.29, 0.717) is 5.69 Å². The number of aromatic nitrogens is 1. The Bertz CT molecular complexity index is 580. The molecule has 1 heterocycles. The Hall–Kier alpha value is -1.17. The SMILES string of the molecule is OCc1cccc(Oc2cc(F)c(Br)cc2Cl)n1. The first-order chi connectivity index (χ1) is 8.60. The van der Waals surface area contributed by atoms with E-state index in [1.807, 2.05) is 0 Å². The van der Waals surface area contributed by atoms with Gasteiger partial charge in [0.2, 0.25) is 5.88 Å². The molecule has 0 saturated carbocycles. The summed E-state index contributed by atoms with van der Waals surface area (Å²) in [5.74, 6) is -0.0714. The van der Waals surface area contributed by atoms with Crippen LogP contribution in [0, 0.1) is 5.82 Å². The van der Waals surface area contributed by atoms with E-state index < -0.39 is 5.82 Å². The lowest BCUT2D eigenvalue weighted by Gasteiger charge is -2.08. The van der Waals surface area contributed by atoms with E-state index in [1.54, 1.807) is 18.2 Å². The van der Waals surface area contributed by atoms with Gasteiger partial charge in [-0.15, -0.1) is 0 Å². The van der Waals surface area contributed by atoms with Crippen molar-refractivity contribution < 1.29 is 14.2 Å². The molecule has 0 aliphatic heterocycles. The molecule has 1 aromatic carbocycles. The van der Waals surface area contributed by atoms with Crippen molar-refractivity contribution in [1.29, 1.82) is 0 Å². The summed E-state index contributed by atoms with van der Waals surface area (Å²) >= 11 is 8.95. The molecule has 6 heteroatoms. The highest BCUT2D eigenvalue weighted by Crippen LogP contribution is 2.33. The molecule has 0 amide bonds. The van der Waals surface area contributed by atoms with Crippen molar-refractivity contribution in [3.63, 3.8) is 0 Å². The van der Waals surface area contributed by atoms with E-state index in [4.69, 9.17) is 21.4 Å². The summed E-state index contributed by atoms with van der Waals surface area (Å²) in [6.45, 7) is -0.195. The summed E-state index contributed by atoms with van der Waals surface area (Å²) in [5, 5.41) is 9.22. The minimum atomic E-state index is -0.479. The van der Waals surface area contributed by atoms with E-state index in [0.717, 1.165) is 0 Å². The highest BCUT2D eigenvalue weighted by molar-refractivity contribution is 9.10. The molecule has 0 saturated heterocycles. The fraction of sp³-hybridized carbons (Fsp3) is 0.0833. The van der Waals surface area contributed by atoms with Crippen molar-refractivity contribution in [2.75, 3.05) is 0 Å². The number of benzene rings is 1. The fourth-order valence-electron chi connectivity index (χ4n) is 1.30. The topological polar surface area (TPSA) is 42.4 Å². The maximum atomic E-state index is 13.4. The Morgan fingerprint density at radius 2 is 2.17 bits per heavy atom. The number of ether oxygens (including phenoxy) is 1. The second kappa shape index (κ2) is 5.65. The molecule has 0 atom stereocenters. The summed E-state index contributed by atoms with van der Waals surface area (Å²) < 4.78 is 19.0. The van der Waals surface area contributed by atoms with Gasteiger partial charge in [0.25, 0.3) is 0 Å². The van der Waals surface area contributed by atoms with E-state index in [2.05, 4.69) is 20.9 Å². The summed E-state index contributed by atoms with van der Waals surface area (Å²) in [6.07, 6.45) is 0. The van der Waals surface area contributed by atoms with Gasteiger partial charge in [-0.2, -0.15) is 0 Å². The zero-order chi connectivity index (χ0) is 13.1. The van der Waals surface area contributed by atoms with Crippen LogP contribution < -0.4 is 4.74 Å². The molecular formula is C12H8BrClFNO2. The van der Waals surface area contributed by atoms with Gasteiger partial charge in [-0.05, 0) is 28.1 Å². The van der Waals surface area contributed by atoms with E-state index >= 15 is 0 Å². The predicted octanol–water partition coefficient (Wildman–Crippen LogP) is 3.92. The van der Waals surface area contributed by atoms with Gasteiger partial charge in [-0.3, -0.25) is 0 Å². The third-order valence-electron chi connectivity index (χ3n) is 2.13. The molecule has 1 N–H and O–H groups in total. The summed E-state index contributed by atoms with van der Waals surface area (Å²) in [7, 11) is 0. The average Bonchev–Trinajstić information content (AvgIpc) is 2.36. The molecule has 0 bridgehead atoms. The number of halogens is 3. The van der Waals surface area contributed by atoms with Crippen molar-refractivity contribution in [3.8, 4) is 11.6 Å². The molecule has 0 unspecified atom stereocenters. The van der Waals surface area contributed by atoms with Gasteiger partial charge in [0, 0.05) is 12.1 Å². The number of nitrogens with zero attached hydrogens (tertiary/aromatic N) is 1. The normalized spacial score (nSPS) is 10.4. The van der Waals surface area contributed by atoms with Crippen molar-refractivity contribution in [2.24, 2.45) is 0 Å². The third kappa shape index (κ3) is 2.98. The first-order valence-electron chi connectivity index (χ1n) is 4.99. The Labute approximate surface area is 116 Å². The van der Waals surface area contributed by atoms with E-state index in [9.17, 15) is 4.39 Å². The van der Waals surface area contributed by atoms with E-state index in [-0.39, 0.29) is 27.7 Å². The van der Waals surface area contributed by atoms with Crippen molar-refractivity contribution in [2.45, 2.75) is 6.61 Å². The molecule has 1 aromatic heterocycles. The first kappa shape index (κ1) is 13.3. The largest absolute Gasteiger partial charge is 0.437 e. The molecule has 3 nitrogen and oxygen atoms in total. The standard InChI is InChI=1S/C12H8BrClFNO2/c13-8-4-9(14)11(5-10(8)15)18-12-3-1-2-7(6-17)16-12/h1-5,17H,6H2. The molecule has 0 aliphatic rings. The lowest BCUT2D eigenvalue weighted by atomic mass is 10.3. The zero-order valence-corrected chi connectivity index (χ0v) is 11.4. The molecule has 0 radical (unpaired) electrons. The number of pyridine rings is 1. The Morgan fingerprint density at radius 1 is 1.39 bits per heavy atom. The second-order valence-corrected chi connectivity index (χ2v) is 4.69. The average molecular weight is 333 g/mol. The number of aliphatic hydroxyl groups excluding tert-OH is 1. The van der Waals surface area contributed by atoms with Crippen LogP contribution in [0.2, 0.25) is 5.02 Å². The molecule has 0 aliphatic carbocycles. The Kier molecular flexibility index (Phi) is 4.16. The minimum Gasteiger partial charge on any atom is -0.437 e. The van der Waals surface area contributed by atoms with Gasteiger partial charge >= 0.3 is 0 Å². The summed E-state index contributed by atoms with van der Waals surface area (Å²) in [5.41, 5.74) is 0.459. The van der Waals surface area contributed by atoms with Crippen LogP contribution in [0.3, 0.4) is 0 Å². The van der Waals surface area contributed by atoms with Crippen LogP contribution in [-0.2, 0) is 6.61 Å². The van der Waals surface area contributed by atoms with Gasteiger partial charge < -0.3 is 9.84 Å². The van der Waals surface area contributed by atoms with Crippen molar-refractivity contribution in [3.05, 3.63) is 51.3 Å². The number of rotatable bonds is 3. The van der Waals surface area contributed by atoms with Gasteiger partial charge in [-0.1, -0.05) is 17.7 Å². The molecule has 0 fully saturated rings. The number of aliphatic hydroxyl groups is 1. The number of hydrogen-bond donors (Lipinski definition) is 1. The van der Waals surface area contributed by atoms with Crippen LogP contribution >= 0.6 is 27.5 Å². The lowest BCUT2D eigenvalue weighted by Crippen LogP contribution is -1.94. The van der Waals surface area contributed by atoms with Crippen LogP contribution in [-0.4, -0.2) is 10.1 Å². The summed E-state index contributed by atoms with van der Waals surface area (Å²) in [4.78, 5) is 4.01. The van der Waals surface area contributed by atoms with Gasteiger partial charge in [0.1, 0.15) is 5.82 Å². The first-order valence-corrected chi connectivity index (χ1v) is 6.16. The Balaban J connectivity index is 2.30. The molecule has 2 rings (SSSR count). The maximum absolute atomic E-state index is 13.4. The smallest absolute Gasteiger partial charge is 0.219 e. The molecule has 2 aromatic rings. The molecule has 0 spiro atoms. The predicted molar refractivity (Wildman–Crippen MR) is 69.3 cm³/mol. The van der Waals surface area contributed by atoms with Gasteiger partial charge in [0.15, 0.2) is 5.75 Å². The zero-order valence-electron chi connectivity index (χ0n) is 9.03. The van der Waals surface area contributed by atoms with Crippen LogP contribution in [0.4, 0.5) is 4.39 Å². The fourth-order valence-corrected chi connectivity index (χ4v) is 1.98. The summed E-state index contributed by atoms with van der Waals surface area (Å²) in [6, 6.07) is 7.49. The maximum Gasteiger partial charge on any atom is 0.219 e. The lowest BCUT2D eigenvalue weighted by molar-refractivity contribution is 0.275. The van der Waals surface area contributed by atoms with Crippen LogP contribution in [0.15, 0.2) is 34.8 Å². The third-order valence-corrected chi connectivity index (χ3v) is 3.04. The highest BCUT2D eigenvalue weighted by Gasteiger charge is 2.09. The highest BCUT2D eigenvalue weighted by atomic mass is 79.9. The minimum absolute atomic E-state index is 0.167. The van der Waals surface area contributed by atoms with Crippen LogP contribution in [0.1, 0.15) is 5.69 Å². The quantitative estimate of drug-likeness (QED) is 0.866. The second-order valence-electron chi connectivity index (χ2n) is 3.42. The van der Waals surface area contributed by atoms with Crippen LogP contribution in [0.5, 0.6) is 11.6 Å². The number of hydrogen-bond acceptors (Lipinski definition) is 3. The van der Waals surface area contributed by atoms with E-state index in [1.165, 1.54) is 12.1 Å². The van der Waals surface area contributed by atoms with Crippen LogP contribution in [0.25, 0.3) is 0 Å². The van der Waals surface area contributed by atoms with Gasteiger partial charge in [-0.25, -0.2) is 9.37 Å². The molecule has 94 valence electrons. The Morgan fingerprint density at radius 3 is 2.89 bits per heavy atom. The van der Waals surface area contributed by atoms with Crippen molar-refractivity contribution >= 4 is 27.5 Å². The molecular weight excluding hydrogens is 324 g/mol. The van der Waals surface area contributed by atoms with Crippen molar-refractivity contribution in [1.82, 2.24) is 4.98 Å².